The quantitative estimate of drug-likeness (QED) is 0.678. The number of amides is 1. The number of thiazole rings is 1. The van der Waals surface area contributed by atoms with E-state index >= 15 is 0 Å². The first kappa shape index (κ1) is 13.4. The van der Waals surface area contributed by atoms with Gasteiger partial charge in [0.15, 0.2) is 5.13 Å². The van der Waals surface area contributed by atoms with Crippen molar-refractivity contribution in [3.8, 4) is 11.5 Å². The molecule has 21 heavy (non-hydrogen) atoms. The van der Waals surface area contributed by atoms with E-state index in [4.69, 9.17) is 0 Å². The molecular weight excluding hydrogens is 288 g/mol. The minimum absolute atomic E-state index is 0.159. The number of hydrogen-bond donors (Lipinski definition) is 3. The van der Waals surface area contributed by atoms with Gasteiger partial charge < -0.3 is 10.2 Å². The molecule has 0 unspecified atom stereocenters. The van der Waals surface area contributed by atoms with Crippen LogP contribution in [0.2, 0.25) is 0 Å². The summed E-state index contributed by atoms with van der Waals surface area (Å²) in [5.41, 5.74) is 1.75. The van der Waals surface area contributed by atoms with Gasteiger partial charge in [0.05, 0.1) is 10.2 Å². The zero-order chi connectivity index (χ0) is 15.0. The van der Waals surface area contributed by atoms with Crippen molar-refractivity contribution in [3.63, 3.8) is 0 Å². The first-order valence-corrected chi connectivity index (χ1v) is 7.06. The van der Waals surface area contributed by atoms with E-state index in [1.54, 1.807) is 0 Å². The molecule has 0 fully saturated rings. The van der Waals surface area contributed by atoms with E-state index in [9.17, 15) is 15.0 Å². The van der Waals surface area contributed by atoms with Crippen LogP contribution in [0.1, 0.15) is 15.9 Å². The van der Waals surface area contributed by atoms with Crippen LogP contribution in [0.25, 0.3) is 10.2 Å². The lowest BCUT2D eigenvalue weighted by Gasteiger charge is -2.05. The van der Waals surface area contributed by atoms with Crippen molar-refractivity contribution in [1.82, 2.24) is 4.98 Å². The van der Waals surface area contributed by atoms with Gasteiger partial charge in [0.25, 0.3) is 5.91 Å². The summed E-state index contributed by atoms with van der Waals surface area (Å²) >= 11 is 1.34. The summed E-state index contributed by atoms with van der Waals surface area (Å²) in [5.74, 6) is -1.14. The van der Waals surface area contributed by atoms with E-state index in [1.807, 2.05) is 25.1 Å². The number of nitrogens with zero attached hydrogens (tertiary/aromatic N) is 1. The van der Waals surface area contributed by atoms with Gasteiger partial charge in [-0.1, -0.05) is 23.5 Å². The van der Waals surface area contributed by atoms with Crippen LogP contribution in [-0.2, 0) is 0 Å². The van der Waals surface area contributed by atoms with Gasteiger partial charge in [0.1, 0.15) is 17.1 Å². The summed E-state index contributed by atoms with van der Waals surface area (Å²) in [4.78, 5) is 16.4. The number of aryl methyl sites for hydroxylation is 1. The van der Waals surface area contributed by atoms with E-state index in [2.05, 4.69) is 10.3 Å². The van der Waals surface area contributed by atoms with Crippen molar-refractivity contribution in [2.45, 2.75) is 6.92 Å². The van der Waals surface area contributed by atoms with Crippen molar-refractivity contribution >= 4 is 32.6 Å². The standard InChI is InChI=1S/C15H12N2O3S/c1-8-5-6-9-12(7-8)21-15(16-9)17-14(20)13-10(18)3-2-4-11(13)19/h2-7,18-19H,1H3,(H,16,17,20). The zero-order valence-electron chi connectivity index (χ0n) is 11.1. The average molecular weight is 300 g/mol. The number of aromatic hydroxyl groups is 2. The van der Waals surface area contributed by atoms with Gasteiger partial charge in [-0.05, 0) is 36.8 Å². The molecule has 0 saturated heterocycles. The number of phenols is 2. The number of phenolic OH excluding ortho intramolecular Hbond substituents is 2. The van der Waals surface area contributed by atoms with Crippen LogP contribution in [0.5, 0.6) is 11.5 Å². The molecular formula is C15H12N2O3S. The summed E-state index contributed by atoms with van der Waals surface area (Å²) in [6, 6.07) is 9.96. The number of rotatable bonds is 2. The highest BCUT2D eigenvalue weighted by molar-refractivity contribution is 7.22. The molecule has 0 aliphatic rings. The number of benzene rings is 2. The van der Waals surface area contributed by atoms with Crippen LogP contribution in [0, 0.1) is 6.92 Å². The van der Waals surface area contributed by atoms with Crippen LogP contribution in [0.3, 0.4) is 0 Å². The van der Waals surface area contributed by atoms with Gasteiger partial charge in [-0.25, -0.2) is 4.98 Å². The highest BCUT2D eigenvalue weighted by Crippen LogP contribution is 2.30. The normalized spacial score (nSPS) is 10.7. The van der Waals surface area contributed by atoms with Crippen LogP contribution >= 0.6 is 11.3 Å². The molecule has 0 aliphatic heterocycles. The third-order valence-corrected chi connectivity index (χ3v) is 3.95. The largest absolute Gasteiger partial charge is 0.507 e. The molecule has 5 nitrogen and oxygen atoms in total. The molecule has 1 amide bonds. The first-order valence-electron chi connectivity index (χ1n) is 6.24. The van der Waals surface area contributed by atoms with Crippen molar-refractivity contribution in [3.05, 3.63) is 47.5 Å². The molecule has 0 saturated carbocycles. The van der Waals surface area contributed by atoms with Gasteiger partial charge in [-0.15, -0.1) is 0 Å². The summed E-state index contributed by atoms with van der Waals surface area (Å²) in [7, 11) is 0. The monoisotopic (exact) mass is 300 g/mol. The highest BCUT2D eigenvalue weighted by Gasteiger charge is 2.17. The fourth-order valence-corrected chi connectivity index (χ4v) is 2.96. The molecule has 3 N–H and O–H groups in total. The third kappa shape index (κ3) is 2.53. The number of hydrogen-bond acceptors (Lipinski definition) is 5. The molecule has 106 valence electrons. The Balaban J connectivity index is 1.93. The molecule has 0 bridgehead atoms. The van der Waals surface area contributed by atoms with Gasteiger partial charge in [0, 0.05) is 0 Å². The smallest absolute Gasteiger partial charge is 0.264 e. The Morgan fingerprint density at radius 2 is 1.90 bits per heavy atom. The van der Waals surface area contributed by atoms with Crippen LogP contribution in [0.4, 0.5) is 5.13 Å². The number of aromatic nitrogens is 1. The molecule has 0 spiro atoms. The maximum absolute atomic E-state index is 12.1. The first-order chi connectivity index (χ1) is 10.0. The van der Waals surface area contributed by atoms with Crippen molar-refractivity contribution < 1.29 is 15.0 Å². The van der Waals surface area contributed by atoms with Crippen molar-refractivity contribution in [1.29, 1.82) is 0 Å². The minimum Gasteiger partial charge on any atom is -0.507 e. The number of anilines is 1. The summed E-state index contributed by atoms with van der Waals surface area (Å²) in [6.45, 7) is 1.98. The minimum atomic E-state index is -0.596. The van der Waals surface area contributed by atoms with E-state index in [1.165, 1.54) is 29.5 Å². The van der Waals surface area contributed by atoms with Gasteiger partial charge >= 0.3 is 0 Å². The Morgan fingerprint density at radius 3 is 2.62 bits per heavy atom. The van der Waals surface area contributed by atoms with Gasteiger partial charge in [-0.2, -0.15) is 0 Å². The Hall–Kier alpha value is -2.60. The topological polar surface area (TPSA) is 82.5 Å². The summed E-state index contributed by atoms with van der Waals surface area (Å²) in [6.07, 6.45) is 0. The highest BCUT2D eigenvalue weighted by atomic mass is 32.1. The average Bonchev–Trinajstić information content (AvgIpc) is 2.79. The molecule has 6 heteroatoms. The molecule has 2 aromatic carbocycles. The summed E-state index contributed by atoms with van der Waals surface area (Å²) in [5, 5.41) is 22.4. The second-order valence-corrected chi connectivity index (χ2v) is 5.65. The van der Waals surface area contributed by atoms with E-state index < -0.39 is 5.91 Å². The molecule has 0 aliphatic carbocycles. The fraction of sp³-hybridized carbons (Fsp3) is 0.0667. The number of fused-ring (bicyclic) bond motifs is 1. The lowest BCUT2D eigenvalue weighted by Crippen LogP contribution is -2.12. The lowest BCUT2D eigenvalue weighted by molar-refractivity contribution is 0.102. The van der Waals surface area contributed by atoms with Gasteiger partial charge in [-0.3, -0.25) is 10.1 Å². The van der Waals surface area contributed by atoms with E-state index in [0.29, 0.717) is 5.13 Å². The van der Waals surface area contributed by atoms with E-state index in [-0.39, 0.29) is 17.1 Å². The number of nitrogens with one attached hydrogen (secondary N) is 1. The second kappa shape index (κ2) is 5.06. The molecule has 1 aromatic heterocycles. The number of carbonyl (C=O) groups excluding carboxylic acids is 1. The second-order valence-electron chi connectivity index (χ2n) is 4.62. The number of carbonyl (C=O) groups is 1. The van der Waals surface area contributed by atoms with Crippen molar-refractivity contribution in [2.24, 2.45) is 0 Å². The predicted octanol–water partition coefficient (Wildman–Crippen LogP) is 3.27. The molecule has 0 radical (unpaired) electrons. The molecule has 3 rings (SSSR count). The Labute approximate surface area is 124 Å². The third-order valence-electron chi connectivity index (χ3n) is 3.01. The van der Waals surface area contributed by atoms with Gasteiger partial charge in [0.2, 0.25) is 0 Å². The fourth-order valence-electron chi connectivity index (χ4n) is 2.01. The zero-order valence-corrected chi connectivity index (χ0v) is 11.9. The van der Waals surface area contributed by atoms with Crippen LogP contribution in [0.15, 0.2) is 36.4 Å². The van der Waals surface area contributed by atoms with Crippen molar-refractivity contribution in [2.75, 3.05) is 5.32 Å². The molecule has 1 heterocycles. The maximum Gasteiger partial charge on any atom is 0.264 e. The van der Waals surface area contributed by atoms with Crippen LogP contribution in [-0.4, -0.2) is 21.1 Å². The molecule has 0 atom stereocenters. The SMILES string of the molecule is Cc1ccc2nc(NC(=O)c3c(O)cccc3O)sc2c1. The maximum atomic E-state index is 12.1. The Morgan fingerprint density at radius 1 is 1.19 bits per heavy atom. The Kier molecular flexibility index (Phi) is 3.23. The van der Waals surface area contributed by atoms with Crippen LogP contribution < -0.4 is 5.32 Å². The summed E-state index contributed by atoms with van der Waals surface area (Å²) < 4.78 is 0.965. The Bertz CT molecular complexity index is 822. The van der Waals surface area contributed by atoms with E-state index in [0.717, 1.165) is 15.8 Å². The molecule has 3 aromatic rings. The predicted molar refractivity (Wildman–Crippen MR) is 82.1 cm³/mol. The lowest BCUT2D eigenvalue weighted by atomic mass is 10.1.